The van der Waals surface area contributed by atoms with E-state index in [0.29, 0.717) is 0 Å². The molecular formula is C23H30N2O. The second kappa shape index (κ2) is 6.49. The van der Waals surface area contributed by atoms with Gasteiger partial charge in [-0.25, -0.2) is 0 Å². The highest BCUT2D eigenvalue weighted by Gasteiger charge is 2.55. The minimum Gasteiger partial charge on any atom is -0.392 e. The van der Waals surface area contributed by atoms with Gasteiger partial charge in [0, 0.05) is 37.0 Å². The van der Waals surface area contributed by atoms with Gasteiger partial charge in [0.05, 0.1) is 12.1 Å². The number of benzene rings is 2. The Morgan fingerprint density at radius 3 is 1.65 bits per heavy atom. The topological polar surface area (TPSA) is 26.7 Å². The fourth-order valence-electron chi connectivity index (χ4n) is 5.63. The Kier molecular flexibility index (Phi) is 4.42. The van der Waals surface area contributed by atoms with Crippen LogP contribution in [0.15, 0.2) is 60.7 Å². The van der Waals surface area contributed by atoms with E-state index in [2.05, 4.69) is 91.4 Å². The standard InChI is InChI=1S/C23H30N2O/c1-22-14-24(3)15-23(2,21(22)26)17-25(16-22)20(18-10-6-4-7-11-18)19-12-8-5-9-13-19/h4-13,20-21,26H,14-17H2,1-3H3/t22-,23-/m1/s1. The maximum absolute atomic E-state index is 11.1. The number of nitrogens with zero attached hydrogens (tertiary/aromatic N) is 2. The monoisotopic (exact) mass is 350 g/mol. The molecule has 0 unspecified atom stereocenters. The zero-order chi connectivity index (χ0) is 18.4. The largest absolute Gasteiger partial charge is 0.392 e. The number of rotatable bonds is 3. The maximum atomic E-state index is 11.1. The van der Waals surface area contributed by atoms with Crippen molar-refractivity contribution >= 4 is 0 Å². The molecule has 3 nitrogen and oxygen atoms in total. The van der Waals surface area contributed by atoms with Gasteiger partial charge in [-0.1, -0.05) is 74.5 Å². The van der Waals surface area contributed by atoms with E-state index in [1.54, 1.807) is 0 Å². The summed E-state index contributed by atoms with van der Waals surface area (Å²) >= 11 is 0. The average molecular weight is 351 g/mol. The molecule has 2 saturated heterocycles. The van der Waals surface area contributed by atoms with Gasteiger partial charge in [-0.15, -0.1) is 0 Å². The summed E-state index contributed by atoms with van der Waals surface area (Å²) in [4.78, 5) is 4.99. The molecular weight excluding hydrogens is 320 g/mol. The minimum atomic E-state index is -0.255. The van der Waals surface area contributed by atoms with Crippen molar-refractivity contribution in [2.45, 2.75) is 26.0 Å². The van der Waals surface area contributed by atoms with Crippen LogP contribution >= 0.6 is 0 Å². The van der Waals surface area contributed by atoms with E-state index in [4.69, 9.17) is 0 Å². The van der Waals surface area contributed by atoms with Crippen LogP contribution in [0.5, 0.6) is 0 Å². The van der Waals surface area contributed by atoms with E-state index >= 15 is 0 Å². The van der Waals surface area contributed by atoms with Crippen molar-refractivity contribution in [3.63, 3.8) is 0 Å². The molecule has 3 heteroatoms. The van der Waals surface area contributed by atoms with Gasteiger partial charge in [-0.3, -0.25) is 4.90 Å². The summed E-state index contributed by atoms with van der Waals surface area (Å²) in [6.07, 6.45) is -0.255. The first-order valence-electron chi connectivity index (χ1n) is 9.62. The fraction of sp³-hybridized carbons (Fsp3) is 0.478. The molecule has 0 radical (unpaired) electrons. The van der Waals surface area contributed by atoms with Gasteiger partial charge < -0.3 is 10.0 Å². The molecule has 2 aromatic rings. The number of likely N-dealkylation sites (tertiary alicyclic amines) is 2. The molecule has 4 rings (SSSR count). The fourth-order valence-corrected chi connectivity index (χ4v) is 5.63. The highest BCUT2D eigenvalue weighted by atomic mass is 16.3. The number of aliphatic hydroxyl groups is 1. The molecule has 1 N–H and O–H groups in total. The molecule has 2 aliphatic heterocycles. The first-order valence-corrected chi connectivity index (χ1v) is 9.62. The van der Waals surface area contributed by atoms with E-state index in [0.717, 1.165) is 26.2 Å². The van der Waals surface area contributed by atoms with Crippen LogP contribution in [-0.4, -0.2) is 54.2 Å². The second-order valence-corrected chi connectivity index (χ2v) is 9.01. The zero-order valence-corrected chi connectivity index (χ0v) is 16.1. The third kappa shape index (κ3) is 2.98. The van der Waals surface area contributed by atoms with Crippen molar-refractivity contribution in [2.75, 3.05) is 33.2 Å². The minimum absolute atomic E-state index is 0.109. The van der Waals surface area contributed by atoms with Crippen molar-refractivity contribution in [1.29, 1.82) is 0 Å². The first kappa shape index (κ1) is 17.7. The number of hydrogen-bond acceptors (Lipinski definition) is 3. The lowest BCUT2D eigenvalue weighted by Crippen LogP contribution is -2.69. The maximum Gasteiger partial charge on any atom is 0.0696 e. The summed E-state index contributed by atoms with van der Waals surface area (Å²) < 4.78 is 0. The van der Waals surface area contributed by atoms with Gasteiger partial charge in [0.15, 0.2) is 0 Å². The number of fused-ring (bicyclic) bond motifs is 2. The molecule has 138 valence electrons. The van der Waals surface area contributed by atoms with E-state index in [-0.39, 0.29) is 23.0 Å². The van der Waals surface area contributed by atoms with Crippen LogP contribution in [0.2, 0.25) is 0 Å². The van der Waals surface area contributed by atoms with Crippen LogP contribution in [-0.2, 0) is 0 Å². The van der Waals surface area contributed by atoms with E-state index < -0.39 is 0 Å². The zero-order valence-electron chi connectivity index (χ0n) is 16.1. The van der Waals surface area contributed by atoms with Crippen molar-refractivity contribution in [3.8, 4) is 0 Å². The third-order valence-electron chi connectivity index (χ3n) is 6.31. The van der Waals surface area contributed by atoms with Gasteiger partial charge >= 0.3 is 0 Å². The Labute approximate surface area is 157 Å². The predicted molar refractivity (Wildman–Crippen MR) is 106 cm³/mol. The van der Waals surface area contributed by atoms with Crippen LogP contribution in [0.25, 0.3) is 0 Å². The Bertz CT molecular complexity index is 688. The molecule has 0 aromatic heterocycles. The summed E-state index contributed by atoms with van der Waals surface area (Å²) in [5.41, 5.74) is 2.44. The molecule has 2 aromatic carbocycles. The summed E-state index contributed by atoms with van der Waals surface area (Å²) in [6.45, 7) is 8.20. The summed E-state index contributed by atoms with van der Waals surface area (Å²) in [5, 5.41) is 11.1. The van der Waals surface area contributed by atoms with E-state index in [1.165, 1.54) is 11.1 Å². The van der Waals surface area contributed by atoms with Crippen LogP contribution in [0.4, 0.5) is 0 Å². The third-order valence-corrected chi connectivity index (χ3v) is 6.31. The predicted octanol–water partition coefficient (Wildman–Crippen LogP) is 3.41. The Morgan fingerprint density at radius 2 is 1.23 bits per heavy atom. The molecule has 26 heavy (non-hydrogen) atoms. The van der Waals surface area contributed by atoms with Crippen LogP contribution < -0.4 is 0 Å². The van der Waals surface area contributed by atoms with Gasteiger partial charge in [0.1, 0.15) is 0 Å². The second-order valence-electron chi connectivity index (χ2n) is 9.01. The average Bonchev–Trinajstić information content (AvgIpc) is 2.60. The van der Waals surface area contributed by atoms with E-state index in [1.807, 2.05) is 0 Å². The highest BCUT2D eigenvalue weighted by Crippen LogP contribution is 2.48. The molecule has 0 spiro atoms. The highest BCUT2D eigenvalue weighted by molar-refractivity contribution is 5.32. The molecule has 2 bridgehead atoms. The molecule has 2 atom stereocenters. The first-order chi connectivity index (χ1) is 12.4. The quantitative estimate of drug-likeness (QED) is 0.919. The van der Waals surface area contributed by atoms with Crippen molar-refractivity contribution in [3.05, 3.63) is 71.8 Å². The molecule has 2 heterocycles. The Morgan fingerprint density at radius 1 is 0.808 bits per heavy atom. The normalized spacial score (nSPS) is 32.7. The lowest BCUT2D eigenvalue weighted by atomic mass is 9.62. The molecule has 2 aliphatic rings. The van der Waals surface area contributed by atoms with Gasteiger partial charge in [0.25, 0.3) is 0 Å². The van der Waals surface area contributed by atoms with Crippen LogP contribution in [0.3, 0.4) is 0 Å². The number of hydrogen-bond donors (Lipinski definition) is 1. The number of piperidine rings is 2. The summed E-state index contributed by atoms with van der Waals surface area (Å²) in [5.74, 6) is 0. The lowest BCUT2D eigenvalue weighted by molar-refractivity contribution is -0.175. The Balaban J connectivity index is 1.76. The van der Waals surface area contributed by atoms with Gasteiger partial charge in [-0.05, 0) is 18.2 Å². The Hall–Kier alpha value is -1.68. The van der Waals surface area contributed by atoms with Gasteiger partial charge in [-0.2, -0.15) is 0 Å². The number of aliphatic hydroxyl groups excluding tert-OH is 1. The van der Waals surface area contributed by atoms with Gasteiger partial charge in [0.2, 0.25) is 0 Å². The molecule has 0 aliphatic carbocycles. The summed E-state index contributed by atoms with van der Waals surface area (Å²) in [7, 11) is 2.18. The van der Waals surface area contributed by atoms with E-state index in [9.17, 15) is 5.11 Å². The molecule has 0 saturated carbocycles. The van der Waals surface area contributed by atoms with Crippen molar-refractivity contribution in [1.82, 2.24) is 9.80 Å². The molecule has 0 amide bonds. The van der Waals surface area contributed by atoms with Crippen molar-refractivity contribution in [2.24, 2.45) is 10.8 Å². The molecule has 2 fully saturated rings. The van der Waals surface area contributed by atoms with Crippen LogP contribution in [0.1, 0.15) is 31.0 Å². The van der Waals surface area contributed by atoms with Crippen LogP contribution in [0, 0.1) is 10.8 Å². The summed E-state index contributed by atoms with van der Waals surface area (Å²) in [6, 6.07) is 21.8. The van der Waals surface area contributed by atoms with Crippen molar-refractivity contribution < 1.29 is 5.11 Å². The SMILES string of the molecule is CN1C[C@]2(C)CN(C(c3ccccc3)c3ccccc3)C[C@@](C)(C1)C2O. The smallest absolute Gasteiger partial charge is 0.0696 e. The lowest BCUT2D eigenvalue weighted by Gasteiger charge is -2.60.